The van der Waals surface area contributed by atoms with E-state index in [0.717, 1.165) is 35.2 Å². The minimum absolute atomic E-state index is 0.0389. The molecule has 39 heavy (non-hydrogen) atoms. The molecule has 0 bridgehead atoms. The molecule has 0 aliphatic carbocycles. The first-order chi connectivity index (χ1) is 18.6. The van der Waals surface area contributed by atoms with Crippen molar-refractivity contribution < 1.29 is 13.2 Å². The Hall–Kier alpha value is -3.47. The molecular formula is C27H23Cl2F3N6S. The van der Waals surface area contributed by atoms with Crippen LogP contribution in [0.2, 0.25) is 10.0 Å². The Balaban J connectivity index is 1.74. The largest absolute Gasteiger partial charge is 0.321 e. The van der Waals surface area contributed by atoms with E-state index in [1.165, 1.54) is 12.1 Å². The Morgan fingerprint density at radius 1 is 1.05 bits per heavy atom. The minimum atomic E-state index is -0.791. The second kappa shape index (κ2) is 11.7. The Morgan fingerprint density at radius 2 is 1.72 bits per heavy atom. The maximum absolute atomic E-state index is 15.0. The predicted molar refractivity (Wildman–Crippen MR) is 151 cm³/mol. The van der Waals surface area contributed by atoms with Crippen molar-refractivity contribution >= 4 is 47.5 Å². The Labute approximate surface area is 237 Å². The maximum Gasteiger partial charge on any atom is 0.173 e. The molecule has 1 aromatic heterocycles. The zero-order valence-electron chi connectivity index (χ0n) is 20.9. The van der Waals surface area contributed by atoms with Crippen LogP contribution < -0.4 is 11.3 Å². The number of nitrogens with one attached hydrogen (secondary N) is 1. The van der Waals surface area contributed by atoms with E-state index in [9.17, 15) is 13.2 Å². The third kappa shape index (κ3) is 5.93. The highest BCUT2D eigenvalue weighted by Gasteiger charge is 2.30. The van der Waals surface area contributed by atoms with Crippen LogP contribution in [-0.2, 0) is 11.2 Å². The topological polar surface area (TPSA) is 80.6 Å². The van der Waals surface area contributed by atoms with Gasteiger partial charge in [-0.15, -0.1) is 0 Å². The third-order valence-electron chi connectivity index (χ3n) is 6.17. The highest BCUT2D eigenvalue weighted by Crippen LogP contribution is 2.39. The molecule has 0 fully saturated rings. The quantitative estimate of drug-likeness (QED) is 0.0758. The van der Waals surface area contributed by atoms with Crippen molar-refractivity contribution in [3.05, 3.63) is 111 Å². The van der Waals surface area contributed by atoms with E-state index in [1.54, 1.807) is 30.5 Å². The van der Waals surface area contributed by atoms with E-state index in [-0.39, 0.29) is 22.7 Å². The van der Waals surface area contributed by atoms with Gasteiger partial charge in [0.2, 0.25) is 0 Å². The number of thioether (sulfide) groups is 1. The van der Waals surface area contributed by atoms with Crippen LogP contribution in [0.1, 0.15) is 36.2 Å². The lowest BCUT2D eigenvalue weighted by Gasteiger charge is -2.28. The zero-order chi connectivity index (χ0) is 28.3. The molecular weight excluding hydrogens is 568 g/mol. The van der Waals surface area contributed by atoms with Gasteiger partial charge < -0.3 is 5.84 Å². The summed E-state index contributed by atoms with van der Waals surface area (Å²) < 4.78 is 45.6. The number of aromatic nitrogens is 2. The molecule has 202 valence electrons. The molecule has 4 rings (SSSR count). The average Bonchev–Trinajstić information content (AvgIpc) is 3.33. The van der Waals surface area contributed by atoms with Crippen molar-refractivity contribution in [3.63, 3.8) is 0 Å². The summed E-state index contributed by atoms with van der Waals surface area (Å²) in [5, 5.41) is 8.16. The van der Waals surface area contributed by atoms with Crippen LogP contribution in [0.5, 0.6) is 0 Å². The van der Waals surface area contributed by atoms with Gasteiger partial charge in [0.25, 0.3) is 0 Å². The maximum atomic E-state index is 15.0. The summed E-state index contributed by atoms with van der Waals surface area (Å²) in [6.45, 7) is 7.22. The second-order valence-electron chi connectivity index (χ2n) is 8.95. The number of imidazole rings is 1. The summed E-state index contributed by atoms with van der Waals surface area (Å²) in [5.41, 5.74) is 3.92. The lowest BCUT2D eigenvalue weighted by Crippen LogP contribution is -2.23. The number of amidine groups is 1. The monoisotopic (exact) mass is 590 g/mol. The molecule has 3 N–H and O–H groups in total. The van der Waals surface area contributed by atoms with Crippen LogP contribution in [0.15, 0.2) is 76.2 Å². The minimum Gasteiger partial charge on any atom is -0.321 e. The first-order valence-electron chi connectivity index (χ1n) is 11.5. The van der Waals surface area contributed by atoms with Gasteiger partial charge in [0.1, 0.15) is 17.5 Å². The Kier molecular flexibility index (Phi) is 8.58. The fraction of sp³-hybridized carbons (Fsp3) is 0.148. The average molecular weight is 591 g/mol. The van der Waals surface area contributed by atoms with Crippen LogP contribution >= 0.6 is 35.0 Å². The number of hydrogen-bond acceptors (Lipinski definition) is 5. The first kappa shape index (κ1) is 28.5. The van der Waals surface area contributed by atoms with Crippen LogP contribution in [0.25, 0.3) is 5.69 Å². The third-order valence-corrected chi connectivity index (χ3v) is 7.89. The van der Waals surface area contributed by atoms with Gasteiger partial charge in [-0.3, -0.25) is 9.99 Å². The van der Waals surface area contributed by atoms with Gasteiger partial charge in [-0.1, -0.05) is 54.9 Å². The fourth-order valence-corrected chi connectivity index (χ4v) is 5.31. The first-order valence-corrected chi connectivity index (χ1v) is 13.2. The Bertz CT molecular complexity index is 1530. The van der Waals surface area contributed by atoms with E-state index in [4.69, 9.17) is 29.0 Å². The molecule has 1 heterocycles. The van der Waals surface area contributed by atoms with Gasteiger partial charge in [-0.05, 0) is 54.1 Å². The van der Waals surface area contributed by atoms with Gasteiger partial charge in [0.15, 0.2) is 11.0 Å². The van der Waals surface area contributed by atoms with Crippen LogP contribution in [0.3, 0.4) is 0 Å². The lowest BCUT2D eigenvalue weighted by atomic mass is 9.81. The number of nitrogens with two attached hydrogens (primary N) is 1. The molecule has 6 nitrogen and oxygen atoms in total. The number of benzene rings is 3. The number of hydrogen-bond donors (Lipinski definition) is 2. The van der Waals surface area contributed by atoms with Gasteiger partial charge in [-0.25, -0.2) is 18.2 Å². The summed E-state index contributed by atoms with van der Waals surface area (Å²) >= 11 is 13.5. The molecule has 0 saturated carbocycles. The Morgan fingerprint density at radius 3 is 2.31 bits per heavy atom. The lowest BCUT2D eigenvalue weighted by molar-refractivity contribution is 0.565. The molecule has 0 amide bonds. The number of halogens is 5. The van der Waals surface area contributed by atoms with E-state index in [1.807, 2.05) is 24.5 Å². The van der Waals surface area contributed by atoms with E-state index in [2.05, 4.69) is 27.3 Å². The van der Waals surface area contributed by atoms with Gasteiger partial charge in [0.05, 0.1) is 21.9 Å². The highest BCUT2D eigenvalue weighted by atomic mass is 35.5. The number of hydrazone groups is 2. The molecule has 4 aromatic rings. The van der Waals surface area contributed by atoms with Crippen molar-refractivity contribution in [2.45, 2.75) is 30.2 Å². The summed E-state index contributed by atoms with van der Waals surface area (Å²) in [7, 11) is 0. The van der Waals surface area contributed by atoms with Crippen LogP contribution in [0, 0.1) is 17.5 Å². The molecule has 0 spiro atoms. The van der Waals surface area contributed by atoms with Crippen LogP contribution in [-0.4, -0.2) is 22.1 Å². The van der Waals surface area contributed by atoms with E-state index >= 15 is 0 Å². The molecule has 0 saturated heterocycles. The number of nitrogens with zero attached hydrogens (tertiary/aromatic N) is 4. The standard InChI is InChI=1S/C27H23Cl2F3N6S/c1-27(2,16-4-9-20(28)21(29)12-16)24-13-35-26(38(24)18-7-5-17(30)6-8-18)39-14-19-22(31)10-15(11-23(19)32)25(36-33)37-34-3/h4-13H,3,14,33H2,1-2H3,(H,36,37). The molecule has 0 aliphatic heterocycles. The fourth-order valence-electron chi connectivity index (χ4n) is 4.01. The molecule has 3 aromatic carbocycles. The normalized spacial score (nSPS) is 12.0. The van der Waals surface area contributed by atoms with Gasteiger partial charge >= 0.3 is 0 Å². The summed E-state index contributed by atoms with van der Waals surface area (Å²) in [6, 6.07) is 13.5. The smallest absolute Gasteiger partial charge is 0.173 e. The predicted octanol–water partition coefficient (Wildman–Crippen LogP) is 7.04. The highest BCUT2D eigenvalue weighted by molar-refractivity contribution is 7.98. The van der Waals surface area contributed by atoms with Crippen molar-refractivity contribution in [1.29, 1.82) is 0 Å². The van der Waals surface area contributed by atoms with Crippen molar-refractivity contribution in [2.24, 2.45) is 16.0 Å². The number of rotatable bonds is 8. The second-order valence-corrected chi connectivity index (χ2v) is 10.7. The van der Waals surface area contributed by atoms with Gasteiger partial charge in [0, 0.05) is 34.7 Å². The van der Waals surface area contributed by atoms with Crippen molar-refractivity contribution in [1.82, 2.24) is 15.0 Å². The molecule has 0 radical (unpaired) electrons. The molecule has 0 unspecified atom stereocenters. The SMILES string of the molecule is C=NNC(=NN)c1cc(F)c(CSc2ncc(C(C)(C)c3ccc(Cl)c(Cl)c3)n2-c2ccc(F)cc2)c(F)c1. The van der Waals surface area contributed by atoms with Crippen molar-refractivity contribution in [3.8, 4) is 5.69 Å². The van der Waals surface area contributed by atoms with Crippen molar-refractivity contribution in [2.75, 3.05) is 0 Å². The zero-order valence-corrected chi connectivity index (χ0v) is 23.2. The summed E-state index contributed by atoms with van der Waals surface area (Å²) in [6.07, 6.45) is 1.68. The molecule has 12 heteroatoms. The van der Waals surface area contributed by atoms with Crippen LogP contribution in [0.4, 0.5) is 13.2 Å². The van der Waals surface area contributed by atoms with Gasteiger partial charge in [-0.2, -0.15) is 10.2 Å². The summed E-state index contributed by atoms with van der Waals surface area (Å²) in [4.78, 5) is 4.57. The molecule has 0 atom stereocenters. The van der Waals surface area contributed by atoms with E-state index < -0.39 is 22.9 Å². The van der Waals surface area contributed by atoms with E-state index in [0.29, 0.717) is 20.9 Å². The molecule has 0 aliphatic rings. The summed E-state index contributed by atoms with van der Waals surface area (Å²) in [5.74, 6) is 3.18.